The Kier molecular flexibility index (Phi) is 24.3. The number of hydrogen-bond acceptors (Lipinski definition) is 25. The average Bonchev–Trinajstić information content (AvgIpc) is 1.68. The molecule has 99 heavy (non-hydrogen) atoms. The van der Waals surface area contributed by atoms with E-state index in [4.69, 9.17) is 49.5 Å². The number of nitrogens with one attached hydrogen (secondary N) is 4. The van der Waals surface area contributed by atoms with Gasteiger partial charge in [-0.2, -0.15) is 0 Å². The third-order valence-corrected chi connectivity index (χ3v) is 22.8. The van der Waals surface area contributed by atoms with Gasteiger partial charge in [0.25, 0.3) is 11.8 Å². The number of carboxylic acid groups (broad SMARTS) is 3. The Hall–Kier alpha value is -8.70. The highest BCUT2D eigenvalue weighted by atomic mass is 32.1. The molecular formula is C66H72N12O15S6. The van der Waals surface area contributed by atoms with Gasteiger partial charge in [-0.05, 0) is 81.9 Å². The van der Waals surface area contributed by atoms with E-state index >= 15 is 0 Å². The number of hydrogen-bond donors (Lipinski definition) is 8. The summed E-state index contributed by atoms with van der Waals surface area (Å²) in [5.41, 5.74) is 1.30. The Morgan fingerprint density at radius 2 is 1.38 bits per heavy atom. The van der Waals surface area contributed by atoms with E-state index in [1.165, 1.54) is 41.7 Å². The van der Waals surface area contributed by atoms with E-state index in [2.05, 4.69) is 21.3 Å². The third-order valence-electron chi connectivity index (χ3n) is 17.0. The fourth-order valence-electron chi connectivity index (χ4n) is 11.6. The van der Waals surface area contributed by atoms with Gasteiger partial charge in [0.2, 0.25) is 11.8 Å². The number of thiazole rings is 6. The molecule has 1 fully saturated rings. The number of aliphatic carboxylic acids is 3. The lowest BCUT2D eigenvalue weighted by molar-refractivity contribution is -0.153. The molecule has 33 heteroatoms. The van der Waals surface area contributed by atoms with Crippen LogP contribution < -0.4 is 26.2 Å². The van der Waals surface area contributed by atoms with E-state index in [0.29, 0.717) is 80.9 Å². The Bertz CT molecular complexity index is 4270. The molecule has 0 unspecified atom stereocenters. The van der Waals surface area contributed by atoms with Gasteiger partial charge in [0.15, 0.2) is 5.78 Å². The van der Waals surface area contributed by atoms with Gasteiger partial charge in [0.05, 0.1) is 46.6 Å². The lowest BCUT2D eigenvalue weighted by Crippen LogP contribution is -2.41. The molecule has 8 heterocycles. The van der Waals surface area contributed by atoms with Crippen LogP contribution in [0.2, 0.25) is 0 Å². The number of carbonyl (C=O) groups is 9. The molecule has 4 atom stereocenters. The van der Waals surface area contributed by atoms with Gasteiger partial charge in [0, 0.05) is 77.8 Å². The van der Waals surface area contributed by atoms with Gasteiger partial charge in [-0.1, -0.05) is 50.6 Å². The second-order valence-electron chi connectivity index (χ2n) is 24.2. The number of ether oxygens (including phenoxy) is 2. The van der Waals surface area contributed by atoms with Crippen molar-refractivity contribution in [2.75, 3.05) is 32.1 Å². The molecule has 10 rings (SSSR count). The number of aryl methyl sites for hydroxylation is 1. The fourth-order valence-corrected chi connectivity index (χ4v) is 17.2. The summed E-state index contributed by atoms with van der Waals surface area (Å²) >= 11 is 7.05. The van der Waals surface area contributed by atoms with Crippen LogP contribution in [-0.2, 0) is 40.1 Å². The monoisotopic (exact) mass is 1460 g/mol. The second-order valence-corrected chi connectivity index (χ2v) is 30.0. The maximum Gasteiger partial charge on any atom is 0.415 e. The van der Waals surface area contributed by atoms with Crippen molar-refractivity contribution in [3.05, 3.63) is 111 Å². The van der Waals surface area contributed by atoms with Crippen LogP contribution in [0.5, 0.6) is 0 Å². The van der Waals surface area contributed by atoms with Gasteiger partial charge in [-0.15, -0.1) is 68.0 Å². The van der Waals surface area contributed by atoms with E-state index in [-0.39, 0.29) is 124 Å². The first-order valence-electron chi connectivity index (χ1n) is 31.8. The molecule has 10 bridgehead atoms. The highest BCUT2D eigenvalue weighted by Gasteiger charge is 2.43. The highest BCUT2D eigenvalue weighted by molar-refractivity contribution is 7.15. The largest absolute Gasteiger partial charge is 0.481 e. The summed E-state index contributed by atoms with van der Waals surface area (Å²) in [6, 6.07) is 9.99. The minimum Gasteiger partial charge on any atom is -0.481 e. The van der Waals surface area contributed by atoms with Crippen LogP contribution in [0.3, 0.4) is 0 Å². The quantitative estimate of drug-likeness (QED) is 0.0310. The predicted octanol–water partition coefficient (Wildman–Crippen LogP) is 11.1. The number of pyridine rings is 1. The summed E-state index contributed by atoms with van der Waals surface area (Å²) in [7, 11) is 2.93. The summed E-state index contributed by atoms with van der Waals surface area (Å²) in [4.78, 5) is 156. The first kappa shape index (κ1) is 73.0. The minimum atomic E-state index is -1.32. The number of aromatic nitrogens is 7. The summed E-state index contributed by atoms with van der Waals surface area (Å²) < 4.78 is 11.5. The topological polar surface area (TPSA) is 395 Å². The summed E-state index contributed by atoms with van der Waals surface area (Å²) in [5.74, 6) is -6.17. The van der Waals surface area contributed by atoms with E-state index in [9.17, 15) is 58.5 Å². The van der Waals surface area contributed by atoms with Gasteiger partial charge in [0.1, 0.15) is 83.3 Å². The molecular weight excluding hydrogens is 1390 g/mol. The molecule has 522 valence electrons. The van der Waals surface area contributed by atoms with E-state index in [1.54, 1.807) is 70.9 Å². The predicted molar refractivity (Wildman–Crippen MR) is 372 cm³/mol. The molecule has 0 radical (unpaired) electrons. The maximum atomic E-state index is 14.5. The standard InChI is InChI=1S/C66H72N12O15S6/c1-33(2)38-25-44(79)51-34(3)98-62(76-51)40(26-47(80)67-4)70-56(87)42-30-94-58(72-42)37-17-18-39(60-74-46(32-97-60)78(24-12-10-16-50(84)85)65(91)93-36-19-22-66(23-20-36,64(89)90)21-11-9-15-49(82)83)69-52(37)41-29-95-61(71-41)43-31-96-63(73-43)54(55(86)35-13-7-6-8-14-35)75-48(81)27-68-57(88)53-45(28-92-5)99-59(38)77-53/h6-8,13-14,17-18,29-33,36,38,40,54-55,86H,9-12,15-16,19-28H2,1-5H3,(H,67,80)(H,68,88)(H,70,87)(H,75,81)(H,82,83)(H,84,85)(H,89,90)/t36?,38-,40-,54-,55-,66?/m0/s1. The van der Waals surface area contributed by atoms with E-state index in [1.807, 2.05) is 13.8 Å². The van der Waals surface area contributed by atoms with Crippen molar-refractivity contribution in [1.29, 1.82) is 0 Å². The second kappa shape index (κ2) is 33.0. The molecule has 1 saturated carbocycles. The van der Waals surface area contributed by atoms with E-state index < -0.39 is 89.8 Å². The van der Waals surface area contributed by atoms with Crippen LogP contribution in [0, 0.1) is 18.3 Å². The summed E-state index contributed by atoms with van der Waals surface area (Å²) in [6.45, 7) is 5.09. The molecule has 2 aliphatic rings. The van der Waals surface area contributed by atoms with Crippen molar-refractivity contribution in [1.82, 2.24) is 56.2 Å². The van der Waals surface area contributed by atoms with Crippen molar-refractivity contribution in [2.45, 2.75) is 141 Å². The highest BCUT2D eigenvalue weighted by Crippen LogP contribution is 2.44. The molecule has 27 nitrogen and oxygen atoms in total. The number of benzene rings is 1. The molecule has 7 aromatic heterocycles. The van der Waals surface area contributed by atoms with Crippen LogP contribution in [0.1, 0.15) is 183 Å². The van der Waals surface area contributed by atoms with Crippen LogP contribution in [0.4, 0.5) is 10.6 Å². The van der Waals surface area contributed by atoms with E-state index in [0.717, 1.165) is 45.3 Å². The Morgan fingerprint density at radius 1 is 0.707 bits per heavy atom. The number of rotatable bonds is 21. The van der Waals surface area contributed by atoms with Crippen molar-refractivity contribution >= 4 is 127 Å². The normalized spacial score (nSPS) is 18.7. The van der Waals surface area contributed by atoms with Crippen molar-refractivity contribution in [3.8, 4) is 43.4 Å². The van der Waals surface area contributed by atoms with Crippen molar-refractivity contribution in [2.24, 2.45) is 11.3 Å². The third kappa shape index (κ3) is 17.8. The van der Waals surface area contributed by atoms with Crippen LogP contribution in [-0.4, -0.2) is 142 Å². The van der Waals surface area contributed by atoms with Gasteiger partial charge in [-0.25, -0.2) is 39.7 Å². The number of nitrogens with zero attached hydrogens (tertiary/aromatic N) is 8. The number of methoxy groups -OCH3 is 1. The number of aliphatic hydroxyl groups excluding tert-OH is 1. The Morgan fingerprint density at radius 3 is 2.09 bits per heavy atom. The first-order chi connectivity index (χ1) is 47.5. The van der Waals surface area contributed by atoms with Crippen LogP contribution >= 0.6 is 68.0 Å². The zero-order chi connectivity index (χ0) is 70.7. The molecule has 1 aliphatic carbocycles. The van der Waals surface area contributed by atoms with Gasteiger partial charge >= 0.3 is 24.0 Å². The zero-order valence-electron chi connectivity index (χ0n) is 54.4. The molecule has 1 aromatic carbocycles. The number of aliphatic hydroxyl groups is 1. The molecule has 0 spiro atoms. The Balaban J connectivity index is 1.01. The number of amides is 5. The van der Waals surface area contributed by atoms with Gasteiger partial charge < -0.3 is 51.2 Å². The number of fused-ring (bicyclic) bond motifs is 14. The SMILES string of the molecule is CNC(=O)C[C@@H]1NC(=O)c2csc(n2)-c2ccc(-c3nc(N(CCCCC(=O)O)C(=O)OC4CCC(CCCCC(=O)O)(C(=O)O)CC4)cs3)nc2-c2csc(n2)-c2csc(n2)[C@H]([C@@H](O)c2ccccc2)NC(=O)CNC(=O)c2nc(sc2COC)[C@H](C(C)C)CC(=O)c2nc1sc2C. The number of unbranched alkanes of at least 4 members (excludes halogenated alkanes) is 2. The fraction of sp³-hybridized carbons (Fsp3) is 0.424. The smallest absolute Gasteiger partial charge is 0.415 e. The van der Waals surface area contributed by atoms with Crippen LogP contribution in [0.25, 0.3) is 43.4 Å². The lowest BCUT2D eigenvalue weighted by atomic mass is 9.70. The molecule has 5 amide bonds. The molecule has 8 N–H and O–H groups in total. The van der Waals surface area contributed by atoms with Crippen molar-refractivity contribution < 1.29 is 73.1 Å². The van der Waals surface area contributed by atoms with Gasteiger partial charge in [-0.3, -0.25) is 43.3 Å². The summed E-state index contributed by atoms with van der Waals surface area (Å²) in [6.07, 6.45) is -0.803. The summed E-state index contributed by atoms with van der Waals surface area (Å²) in [5, 5.41) is 60.9. The lowest BCUT2D eigenvalue weighted by Gasteiger charge is -2.37. The number of carboxylic acids is 3. The zero-order valence-corrected chi connectivity index (χ0v) is 59.3. The molecule has 1 aliphatic heterocycles. The Labute approximate surface area is 592 Å². The first-order valence-corrected chi connectivity index (χ1v) is 37.0. The van der Waals surface area contributed by atoms with Crippen molar-refractivity contribution in [3.63, 3.8) is 0 Å². The number of carbonyl (C=O) groups excluding carboxylic acids is 6. The minimum absolute atomic E-state index is 0.00506. The molecule has 8 aromatic rings. The van der Waals surface area contributed by atoms with Crippen LogP contribution in [0.15, 0.2) is 64.0 Å². The number of anilines is 1. The number of ketones is 1. The number of Topliss-reactive ketones (excluding diaryl/α,β-unsaturated/α-hetero) is 1. The average molecular weight is 1470 g/mol. The molecule has 0 saturated heterocycles. The maximum absolute atomic E-state index is 14.5.